The molecule has 2 heterocycles. The molecule has 6 nitrogen and oxygen atoms in total. The number of aliphatic hydroxyl groups excluding tert-OH is 1. The third-order valence-electron chi connectivity index (χ3n) is 4.00. The quantitative estimate of drug-likeness (QED) is 0.621. The van der Waals surface area contributed by atoms with Crippen LogP contribution in [0.2, 0.25) is 0 Å². The fourth-order valence-corrected chi connectivity index (χ4v) is 3.38. The molecule has 0 unspecified atom stereocenters. The average Bonchev–Trinajstić information content (AvgIpc) is 3.27. The highest BCUT2D eigenvalue weighted by atomic mass is 32.1. The first-order valence-corrected chi connectivity index (χ1v) is 8.99. The summed E-state index contributed by atoms with van der Waals surface area (Å²) in [6.45, 7) is 0.253. The van der Waals surface area contributed by atoms with Crippen molar-refractivity contribution < 1.29 is 9.90 Å². The Kier molecular flexibility index (Phi) is 4.47. The highest BCUT2D eigenvalue weighted by molar-refractivity contribution is 7.16. The molecule has 1 atom stereocenters. The van der Waals surface area contributed by atoms with E-state index in [2.05, 4.69) is 20.6 Å². The Morgan fingerprint density at radius 2 is 2.08 bits per heavy atom. The lowest BCUT2D eigenvalue weighted by Crippen LogP contribution is -2.38. The number of benzene rings is 2. The van der Waals surface area contributed by atoms with Gasteiger partial charge in [-0.15, -0.1) is 11.3 Å². The maximum absolute atomic E-state index is 12.1. The summed E-state index contributed by atoms with van der Waals surface area (Å²) in [6.07, 6.45) is 1.05. The summed E-state index contributed by atoms with van der Waals surface area (Å²) >= 11 is 1.55. The average molecular weight is 364 g/mol. The number of fused-ring (bicyclic) bond motifs is 1. The monoisotopic (exact) mass is 364 g/mol. The molecular weight excluding hydrogens is 348 g/mol. The van der Waals surface area contributed by atoms with Crippen LogP contribution in [0.15, 0.2) is 64.7 Å². The maximum atomic E-state index is 12.1. The lowest BCUT2D eigenvalue weighted by Gasteiger charge is -2.12. The first-order valence-electron chi connectivity index (χ1n) is 8.11. The minimum Gasteiger partial charge on any atom is -0.387 e. The van der Waals surface area contributed by atoms with Gasteiger partial charge in [0.2, 0.25) is 5.96 Å². The Morgan fingerprint density at radius 1 is 1.23 bits per heavy atom. The second kappa shape index (κ2) is 7.07. The molecule has 0 radical (unpaired) electrons. The summed E-state index contributed by atoms with van der Waals surface area (Å²) in [4.78, 5) is 20.6. The zero-order valence-electron chi connectivity index (χ0n) is 13.7. The molecule has 3 aromatic rings. The fourth-order valence-electron chi connectivity index (χ4n) is 2.66. The zero-order valence-corrected chi connectivity index (χ0v) is 14.5. The van der Waals surface area contributed by atoms with Crippen LogP contribution in [0.4, 0.5) is 0 Å². The molecule has 130 valence electrons. The van der Waals surface area contributed by atoms with Gasteiger partial charge >= 0.3 is 0 Å². The Hall–Kier alpha value is -3.03. The molecule has 1 aliphatic rings. The number of aromatic nitrogens is 1. The Balaban J connectivity index is 1.46. The molecule has 0 saturated carbocycles. The van der Waals surface area contributed by atoms with Crippen molar-refractivity contribution in [2.75, 3.05) is 6.54 Å². The number of carbonyl (C=O) groups excluding carboxylic acids is 1. The van der Waals surface area contributed by atoms with Gasteiger partial charge in [-0.25, -0.2) is 9.98 Å². The van der Waals surface area contributed by atoms with E-state index < -0.39 is 6.10 Å². The molecule has 26 heavy (non-hydrogen) atoms. The van der Waals surface area contributed by atoms with E-state index in [0.717, 1.165) is 21.3 Å². The van der Waals surface area contributed by atoms with E-state index in [1.54, 1.807) is 22.9 Å². The Morgan fingerprint density at radius 3 is 2.92 bits per heavy atom. The van der Waals surface area contributed by atoms with Gasteiger partial charge in [0.05, 0.1) is 21.8 Å². The molecule has 7 heteroatoms. The van der Waals surface area contributed by atoms with Gasteiger partial charge in [-0.05, 0) is 29.3 Å². The molecule has 4 rings (SSSR count). The van der Waals surface area contributed by atoms with Crippen LogP contribution >= 0.6 is 11.3 Å². The molecule has 1 aromatic heterocycles. The van der Waals surface area contributed by atoms with E-state index in [9.17, 15) is 9.90 Å². The minimum atomic E-state index is -0.683. The lowest BCUT2D eigenvalue weighted by atomic mass is 10.1. The number of nitrogens with one attached hydrogen (secondary N) is 2. The molecule has 3 N–H and O–H groups in total. The molecule has 2 aromatic carbocycles. The van der Waals surface area contributed by atoms with E-state index in [4.69, 9.17) is 0 Å². The fraction of sp³-hybridized carbons (Fsp3) is 0.105. The van der Waals surface area contributed by atoms with E-state index in [1.165, 1.54) is 0 Å². The van der Waals surface area contributed by atoms with Gasteiger partial charge in [-0.1, -0.05) is 36.4 Å². The Labute approximate surface area is 153 Å². The number of amides is 1. The number of carbonyl (C=O) groups is 1. The van der Waals surface area contributed by atoms with Crippen molar-refractivity contribution in [2.24, 2.45) is 4.99 Å². The molecule has 0 aliphatic carbocycles. The number of aliphatic imine (C=N–C) groups is 1. The molecule has 0 saturated heterocycles. The van der Waals surface area contributed by atoms with Gasteiger partial charge in [-0.3, -0.25) is 10.1 Å². The number of guanidine groups is 1. The van der Waals surface area contributed by atoms with E-state index in [1.807, 2.05) is 48.5 Å². The van der Waals surface area contributed by atoms with Crippen molar-refractivity contribution in [1.82, 2.24) is 15.6 Å². The van der Waals surface area contributed by atoms with Gasteiger partial charge in [0, 0.05) is 6.54 Å². The normalized spacial score (nSPS) is 16.6. The molecule has 0 fully saturated rings. The highest BCUT2D eigenvalue weighted by Crippen LogP contribution is 2.21. The third-order valence-corrected chi connectivity index (χ3v) is 4.79. The number of thiazole rings is 1. The van der Waals surface area contributed by atoms with Crippen molar-refractivity contribution in [2.45, 2.75) is 6.10 Å². The number of aliphatic hydroxyl groups is 1. The smallest absolute Gasteiger partial charge is 0.276 e. The van der Waals surface area contributed by atoms with Crippen LogP contribution in [0.5, 0.6) is 0 Å². The van der Waals surface area contributed by atoms with Crippen LogP contribution in [-0.2, 0) is 4.79 Å². The third kappa shape index (κ3) is 3.49. The SMILES string of the molecule is O=C1NC(NC[C@H](O)c2ccccc2)=N/C1=C\c1ccc2ncsc2c1. The lowest BCUT2D eigenvalue weighted by molar-refractivity contribution is -0.115. The summed E-state index contributed by atoms with van der Waals surface area (Å²) < 4.78 is 1.06. The maximum Gasteiger partial charge on any atom is 0.276 e. The molecule has 1 aliphatic heterocycles. The molecular formula is C19H16N4O2S. The van der Waals surface area contributed by atoms with Crippen molar-refractivity contribution in [3.8, 4) is 0 Å². The van der Waals surface area contributed by atoms with Crippen LogP contribution in [0, 0.1) is 0 Å². The molecule has 0 bridgehead atoms. The second-order valence-corrected chi connectivity index (χ2v) is 6.72. The first-order chi connectivity index (χ1) is 12.7. The van der Waals surface area contributed by atoms with Crippen molar-refractivity contribution in [3.63, 3.8) is 0 Å². The molecule has 1 amide bonds. The van der Waals surface area contributed by atoms with E-state index in [0.29, 0.717) is 11.7 Å². The van der Waals surface area contributed by atoms with Crippen LogP contribution < -0.4 is 10.6 Å². The van der Waals surface area contributed by atoms with E-state index in [-0.39, 0.29) is 12.5 Å². The van der Waals surface area contributed by atoms with E-state index >= 15 is 0 Å². The predicted octanol–water partition coefficient (Wildman–Crippen LogP) is 2.45. The number of hydrogen-bond acceptors (Lipinski definition) is 6. The Bertz CT molecular complexity index is 1010. The van der Waals surface area contributed by atoms with Crippen LogP contribution in [-0.4, -0.2) is 28.5 Å². The van der Waals surface area contributed by atoms with Crippen LogP contribution in [0.3, 0.4) is 0 Å². The number of hydrogen-bond donors (Lipinski definition) is 3. The standard InChI is InChI=1S/C19H16N4O2S/c24-16(13-4-2-1-3-5-13)10-20-19-22-15(18(25)23-19)8-12-6-7-14-17(9-12)26-11-21-14/h1-9,11,16,24H,10H2,(H2,20,22,23,25)/b15-8-/t16-/m0/s1. The predicted molar refractivity (Wildman–Crippen MR) is 103 cm³/mol. The summed E-state index contributed by atoms with van der Waals surface area (Å²) in [5, 5.41) is 15.8. The number of rotatable bonds is 4. The van der Waals surface area contributed by atoms with Crippen molar-refractivity contribution >= 4 is 39.5 Å². The summed E-state index contributed by atoms with van der Waals surface area (Å²) in [6, 6.07) is 15.1. The summed E-state index contributed by atoms with van der Waals surface area (Å²) in [5.74, 6) is 0.0706. The van der Waals surface area contributed by atoms with Crippen LogP contribution in [0.1, 0.15) is 17.2 Å². The zero-order chi connectivity index (χ0) is 17.9. The van der Waals surface area contributed by atoms with Crippen molar-refractivity contribution in [3.05, 3.63) is 70.9 Å². The van der Waals surface area contributed by atoms with Crippen LogP contribution in [0.25, 0.3) is 16.3 Å². The largest absolute Gasteiger partial charge is 0.387 e. The van der Waals surface area contributed by atoms with Crippen molar-refractivity contribution in [1.29, 1.82) is 0 Å². The van der Waals surface area contributed by atoms with Gasteiger partial charge in [0.25, 0.3) is 5.91 Å². The highest BCUT2D eigenvalue weighted by Gasteiger charge is 2.20. The van der Waals surface area contributed by atoms with Gasteiger partial charge in [0.1, 0.15) is 5.70 Å². The summed E-state index contributed by atoms with van der Waals surface area (Å²) in [7, 11) is 0. The van der Waals surface area contributed by atoms with Gasteiger partial charge in [0.15, 0.2) is 0 Å². The topological polar surface area (TPSA) is 86.6 Å². The minimum absolute atomic E-state index is 0.253. The van der Waals surface area contributed by atoms with Gasteiger partial charge in [-0.2, -0.15) is 0 Å². The summed E-state index contributed by atoms with van der Waals surface area (Å²) in [5.41, 5.74) is 4.75. The molecule has 0 spiro atoms. The first kappa shape index (κ1) is 16.4. The van der Waals surface area contributed by atoms with Gasteiger partial charge < -0.3 is 10.4 Å². The second-order valence-electron chi connectivity index (χ2n) is 5.83. The number of nitrogens with zero attached hydrogens (tertiary/aromatic N) is 2.